The molecule has 0 aliphatic carbocycles. The lowest BCUT2D eigenvalue weighted by Crippen LogP contribution is -2.48. The van der Waals surface area contributed by atoms with Gasteiger partial charge in [0.05, 0.1) is 5.56 Å². The molecule has 0 radical (unpaired) electrons. The average molecular weight is 320 g/mol. The third kappa shape index (κ3) is 3.09. The van der Waals surface area contributed by atoms with Gasteiger partial charge in [-0.25, -0.2) is 4.98 Å². The predicted octanol–water partition coefficient (Wildman–Crippen LogP) is 2.60. The fourth-order valence-corrected chi connectivity index (χ4v) is 3.06. The van der Waals surface area contributed by atoms with Crippen LogP contribution in [0.1, 0.15) is 18.2 Å². The molecule has 122 valence electrons. The smallest absolute Gasteiger partial charge is 0.219 e. The molecule has 1 aliphatic rings. The molecule has 1 amide bonds. The van der Waals surface area contributed by atoms with E-state index in [4.69, 9.17) is 4.98 Å². The summed E-state index contributed by atoms with van der Waals surface area (Å²) in [5.41, 5.74) is 3.53. The Kier molecular flexibility index (Phi) is 4.48. The number of hydrogen-bond donors (Lipinski definition) is 0. The van der Waals surface area contributed by atoms with Gasteiger partial charge in [-0.3, -0.25) is 4.79 Å². The standard InChI is InChI=1S/C19H20N4O/c1-14-18(16-6-4-3-5-7-16)12-17(13-20)19(21-14)23-10-8-22(9-11-23)15(2)24/h3-7,12H,8-11H2,1-2H3. The lowest BCUT2D eigenvalue weighted by molar-refractivity contribution is -0.129. The molecule has 2 aromatic rings. The summed E-state index contributed by atoms with van der Waals surface area (Å²) < 4.78 is 0. The van der Waals surface area contributed by atoms with Crippen molar-refractivity contribution in [2.75, 3.05) is 31.1 Å². The summed E-state index contributed by atoms with van der Waals surface area (Å²) in [6.07, 6.45) is 0. The van der Waals surface area contributed by atoms with E-state index in [0.717, 1.165) is 22.6 Å². The molecule has 0 unspecified atom stereocenters. The van der Waals surface area contributed by atoms with Crippen LogP contribution in [0.3, 0.4) is 0 Å². The molecule has 0 N–H and O–H groups in total. The van der Waals surface area contributed by atoms with Crippen LogP contribution >= 0.6 is 0 Å². The largest absolute Gasteiger partial charge is 0.352 e. The maximum Gasteiger partial charge on any atom is 0.219 e. The molecule has 1 aromatic carbocycles. The van der Waals surface area contributed by atoms with E-state index in [-0.39, 0.29) is 5.91 Å². The van der Waals surface area contributed by atoms with Crippen molar-refractivity contribution in [1.29, 1.82) is 5.26 Å². The number of carbonyl (C=O) groups excluding carboxylic acids is 1. The van der Waals surface area contributed by atoms with Gasteiger partial charge in [-0.1, -0.05) is 30.3 Å². The Morgan fingerprint density at radius 3 is 2.42 bits per heavy atom. The highest BCUT2D eigenvalue weighted by atomic mass is 16.2. The van der Waals surface area contributed by atoms with E-state index >= 15 is 0 Å². The second kappa shape index (κ2) is 6.71. The first kappa shape index (κ1) is 16.0. The highest BCUT2D eigenvalue weighted by Gasteiger charge is 2.22. The predicted molar refractivity (Wildman–Crippen MR) is 93.6 cm³/mol. The first-order valence-corrected chi connectivity index (χ1v) is 8.08. The number of anilines is 1. The number of aromatic nitrogens is 1. The summed E-state index contributed by atoms with van der Waals surface area (Å²) in [7, 11) is 0. The third-order valence-corrected chi connectivity index (χ3v) is 4.42. The molecule has 0 bridgehead atoms. The van der Waals surface area contributed by atoms with Gasteiger partial charge in [0, 0.05) is 44.4 Å². The molecule has 0 spiro atoms. The van der Waals surface area contributed by atoms with E-state index in [9.17, 15) is 10.1 Å². The van der Waals surface area contributed by atoms with Crippen molar-refractivity contribution in [1.82, 2.24) is 9.88 Å². The van der Waals surface area contributed by atoms with E-state index in [1.807, 2.05) is 48.2 Å². The first-order chi connectivity index (χ1) is 11.6. The Morgan fingerprint density at radius 2 is 1.83 bits per heavy atom. The number of piperazine rings is 1. The van der Waals surface area contributed by atoms with Crippen molar-refractivity contribution in [3.63, 3.8) is 0 Å². The lowest BCUT2D eigenvalue weighted by Gasteiger charge is -2.35. The molecular formula is C19H20N4O. The van der Waals surface area contributed by atoms with Crippen LogP contribution in [0.5, 0.6) is 0 Å². The monoisotopic (exact) mass is 320 g/mol. The van der Waals surface area contributed by atoms with Crippen molar-refractivity contribution in [3.8, 4) is 17.2 Å². The Morgan fingerprint density at radius 1 is 1.17 bits per heavy atom. The van der Waals surface area contributed by atoms with Crippen LogP contribution in [-0.4, -0.2) is 42.0 Å². The van der Waals surface area contributed by atoms with Crippen molar-refractivity contribution < 1.29 is 4.79 Å². The normalized spacial score (nSPS) is 14.4. The van der Waals surface area contributed by atoms with Gasteiger partial charge in [0.25, 0.3) is 0 Å². The highest BCUT2D eigenvalue weighted by molar-refractivity contribution is 5.74. The fourth-order valence-electron chi connectivity index (χ4n) is 3.06. The third-order valence-electron chi connectivity index (χ3n) is 4.42. The van der Waals surface area contributed by atoms with Crippen LogP contribution in [-0.2, 0) is 4.79 Å². The van der Waals surface area contributed by atoms with Gasteiger partial charge in [-0.2, -0.15) is 5.26 Å². The number of benzene rings is 1. The zero-order chi connectivity index (χ0) is 17.1. The number of nitriles is 1. The molecule has 2 heterocycles. The topological polar surface area (TPSA) is 60.2 Å². The molecule has 1 saturated heterocycles. The molecule has 1 aromatic heterocycles. The van der Waals surface area contributed by atoms with Gasteiger partial charge in [0.2, 0.25) is 5.91 Å². The van der Waals surface area contributed by atoms with Crippen LogP contribution in [0.2, 0.25) is 0 Å². The average Bonchev–Trinajstić information content (AvgIpc) is 2.62. The Balaban J connectivity index is 1.92. The maximum absolute atomic E-state index is 11.5. The molecule has 5 heteroatoms. The minimum Gasteiger partial charge on any atom is -0.352 e. The number of pyridine rings is 1. The number of hydrogen-bond acceptors (Lipinski definition) is 4. The van der Waals surface area contributed by atoms with Crippen LogP contribution in [0.15, 0.2) is 36.4 Å². The summed E-state index contributed by atoms with van der Waals surface area (Å²) in [6, 6.07) is 14.2. The zero-order valence-electron chi connectivity index (χ0n) is 14.0. The molecule has 1 fully saturated rings. The van der Waals surface area contributed by atoms with Gasteiger partial charge in [-0.15, -0.1) is 0 Å². The van der Waals surface area contributed by atoms with Crippen molar-refractivity contribution >= 4 is 11.7 Å². The Bertz CT molecular complexity index is 787. The van der Waals surface area contributed by atoms with Crippen LogP contribution in [0, 0.1) is 18.3 Å². The van der Waals surface area contributed by atoms with Crippen molar-refractivity contribution in [3.05, 3.63) is 47.7 Å². The highest BCUT2D eigenvalue weighted by Crippen LogP contribution is 2.28. The number of nitrogens with zero attached hydrogens (tertiary/aromatic N) is 4. The van der Waals surface area contributed by atoms with Gasteiger partial charge in [0.1, 0.15) is 11.9 Å². The maximum atomic E-state index is 11.5. The quantitative estimate of drug-likeness (QED) is 0.853. The molecule has 5 nitrogen and oxygen atoms in total. The molecule has 1 aliphatic heterocycles. The van der Waals surface area contributed by atoms with Gasteiger partial charge in [0.15, 0.2) is 0 Å². The number of rotatable bonds is 2. The van der Waals surface area contributed by atoms with Crippen molar-refractivity contribution in [2.24, 2.45) is 0 Å². The number of aryl methyl sites for hydroxylation is 1. The number of carbonyl (C=O) groups is 1. The van der Waals surface area contributed by atoms with E-state index in [1.54, 1.807) is 6.92 Å². The Labute approximate surface area is 142 Å². The summed E-state index contributed by atoms with van der Waals surface area (Å²) >= 11 is 0. The van der Waals surface area contributed by atoms with Gasteiger partial charge >= 0.3 is 0 Å². The van der Waals surface area contributed by atoms with Crippen LogP contribution in [0.4, 0.5) is 5.82 Å². The lowest BCUT2D eigenvalue weighted by atomic mass is 10.0. The summed E-state index contributed by atoms with van der Waals surface area (Å²) in [6.45, 7) is 6.30. The van der Waals surface area contributed by atoms with Crippen LogP contribution in [0.25, 0.3) is 11.1 Å². The van der Waals surface area contributed by atoms with Gasteiger partial charge < -0.3 is 9.80 Å². The molecule has 0 atom stereocenters. The van der Waals surface area contributed by atoms with E-state index in [1.165, 1.54) is 0 Å². The SMILES string of the molecule is CC(=O)N1CCN(c2nc(C)c(-c3ccccc3)cc2C#N)CC1. The molecule has 0 saturated carbocycles. The second-order valence-electron chi connectivity index (χ2n) is 5.96. The minimum atomic E-state index is 0.0960. The molecule has 24 heavy (non-hydrogen) atoms. The number of amides is 1. The van der Waals surface area contributed by atoms with Crippen molar-refractivity contribution in [2.45, 2.75) is 13.8 Å². The van der Waals surface area contributed by atoms with Gasteiger partial charge in [-0.05, 0) is 18.6 Å². The first-order valence-electron chi connectivity index (χ1n) is 8.08. The van der Waals surface area contributed by atoms with E-state index < -0.39 is 0 Å². The molecular weight excluding hydrogens is 300 g/mol. The zero-order valence-corrected chi connectivity index (χ0v) is 14.0. The summed E-state index contributed by atoms with van der Waals surface area (Å²) in [5.74, 6) is 0.816. The Hall–Kier alpha value is -2.87. The minimum absolute atomic E-state index is 0.0960. The van der Waals surface area contributed by atoms with Crippen LogP contribution < -0.4 is 4.90 Å². The summed E-state index contributed by atoms with van der Waals surface area (Å²) in [5, 5.41) is 9.57. The summed E-state index contributed by atoms with van der Waals surface area (Å²) in [4.78, 5) is 20.1. The van der Waals surface area contributed by atoms with E-state index in [2.05, 4.69) is 11.0 Å². The second-order valence-corrected chi connectivity index (χ2v) is 5.96. The fraction of sp³-hybridized carbons (Fsp3) is 0.316. The molecule has 3 rings (SSSR count). The van der Waals surface area contributed by atoms with E-state index in [0.29, 0.717) is 31.7 Å².